The van der Waals surface area contributed by atoms with Crippen molar-refractivity contribution in [1.29, 1.82) is 0 Å². The molecule has 1 rings (SSSR count). The fourth-order valence-electron chi connectivity index (χ4n) is 2.20. The van der Waals surface area contributed by atoms with Crippen molar-refractivity contribution in [3.63, 3.8) is 0 Å². The Bertz CT molecular complexity index is 616. The minimum Gasteiger partial charge on any atom is -0.490 e. The van der Waals surface area contributed by atoms with Gasteiger partial charge in [0.15, 0.2) is 0 Å². The number of benzene rings is 1. The third-order valence-electron chi connectivity index (χ3n) is 4.33. The summed E-state index contributed by atoms with van der Waals surface area (Å²) in [6.45, 7) is 10.1. The van der Waals surface area contributed by atoms with Gasteiger partial charge in [0.1, 0.15) is 16.9 Å². The maximum absolute atomic E-state index is 12.6. The van der Waals surface area contributed by atoms with Crippen LogP contribution in [-0.4, -0.2) is 37.3 Å². The highest BCUT2D eigenvalue weighted by molar-refractivity contribution is 5.99. The summed E-state index contributed by atoms with van der Waals surface area (Å²) in [6.07, 6.45) is 2.14. The molecule has 0 saturated heterocycles. The maximum Gasteiger partial charge on any atom is 0.341 e. The van der Waals surface area contributed by atoms with Crippen LogP contribution < -0.4 is 10.1 Å². The van der Waals surface area contributed by atoms with E-state index >= 15 is 0 Å². The van der Waals surface area contributed by atoms with Crippen LogP contribution in [0.1, 0.15) is 64.2 Å². The zero-order valence-corrected chi connectivity index (χ0v) is 16.7. The molecule has 0 fully saturated rings. The first-order valence-electron chi connectivity index (χ1n) is 9.15. The molecule has 0 spiro atoms. The van der Waals surface area contributed by atoms with Crippen LogP contribution in [0.3, 0.4) is 0 Å². The highest BCUT2D eigenvalue weighted by Crippen LogP contribution is 2.26. The Balaban J connectivity index is 3.06. The molecule has 146 valence electrons. The van der Waals surface area contributed by atoms with Gasteiger partial charge in [0.25, 0.3) is 5.91 Å². The first-order valence-corrected chi connectivity index (χ1v) is 9.15. The Morgan fingerprint density at radius 2 is 1.92 bits per heavy atom. The third-order valence-corrected chi connectivity index (χ3v) is 4.33. The van der Waals surface area contributed by atoms with Gasteiger partial charge in [-0.25, -0.2) is 4.79 Å². The SMILES string of the molecule is CCCO[C@@](C)(CC)C(=O)Nc1ccc(O[C@@H](C)CC)c(C(=O)OC)c1. The van der Waals surface area contributed by atoms with Crippen molar-refractivity contribution in [3.05, 3.63) is 23.8 Å². The number of hydrogen-bond donors (Lipinski definition) is 1. The van der Waals surface area contributed by atoms with Crippen molar-refractivity contribution >= 4 is 17.6 Å². The summed E-state index contributed by atoms with van der Waals surface area (Å²) in [5.74, 6) is -0.329. The van der Waals surface area contributed by atoms with Crippen LogP contribution in [0.4, 0.5) is 5.69 Å². The quantitative estimate of drug-likeness (QED) is 0.630. The average Bonchev–Trinajstić information content (AvgIpc) is 2.66. The number of ether oxygens (including phenoxy) is 3. The van der Waals surface area contributed by atoms with E-state index in [1.54, 1.807) is 25.1 Å². The number of nitrogens with one attached hydrogen (secondary N) is 1. The molecule has 1 N–H and O–H groups in total. The average molecular weight is 365 g/mol. The number of hydrogen-bond acceptors (Lipinski definition) is 5. The van der Waals surface area contributed by atoms with Crippen LogP contribution in [0, 0.1) is 0 Å². The van der Waals surface area contributed by atoms with Gasteiger partial charge in [0.05, 0.1) is 13.2 Å². The molecule has 0 aliphatic carbocycles. The standard InChI is InChI=1S/C20H31NO5/c1-7-12-25-20(5,9-3)19(23)21-15-10-11-17(26-14(4)8-2)16(13-15)18(22)24-6/h10-11,13-14H,7-9,12H2,1-6H3,(H,21,23)/t14-,20-/m0/s1. The molecule has 0 aromatic heterocycles. The van der Waals surface area contributed by atoms with E-state index in [1.807, 2.05) is 27.7 Å². The van der Waals surface area contributed by atoms with Gasteiger partial charge in [-0.15, -0.1) is 0 Å². The van der Waals surface area contributed by atoms with Crippen LogP contribution in [0.2, 0.25) is 0 Å². The molecular formula is C20H31NO5. The van der Waals surface area contributed by atoms with Gasteiger partial charge < -0.3 is 19.5 Å². The van der Waals surface area contributed by atoms with E-state index in [0.29, 0.717) is 24.5 Å². The number of esters is 1. The molecule has 0 heterocycles. The Kier molecular flexibility index (Phi) is 8.58. The summed E-state index contributed by atoms with van der Waals surface area (Å²) in [5.41, 5.74) is -0.155. The normalized spacial score (nSPS) is 14.2. The fraction of sp³-hybridized carbons (Fsp3) is 0.600. The van der Waals surface area contributed by atoms with Gasteiger partial charge >= 0.3 is 5.97 Å². The predicted molar refractivity (Wildman–Crippen MR) is 102 cm³/mol. The molecule has 0 saturated carbocycles. The lowest BCUT2D eigenvalue weighted by Gasteiger charge is -2.27. The van der Waals surface area contributed by atoms with Crippen LogP contribution >= 0.6 is 0 Å². The largest absolute Gasteiger partial charge is 0.490 e. The van der Waals surface area contributed by atoms with E-state index in [9.17, 15) is 9.59 Å². The smallest absolute Gasteiger partial charge is 0.341 e. The van der Waals surface area contributed by atoms with Gasteiger partial charge in [0, 0.05) is 12.3 Å². The summed E-state index contributed by atoms with van der Waals surface area (Å²) in [4.78, 5) is 24.7. The van der Waals surface area contributed by atoms with E-state index in [1.165, 1.54) is 7.11 Å². The molecule has 1 aromatic carbocycles. The summed E-state index contributed by atoms with van der Waals surface area (Å²) in [5, 5.41) is 2.83. The second kappa shape index (κ2) is 10.2. The Labute approximate surface area is 156 Å². The fourth-order valence-corrected chi connectivity index (χ4v) is 2.20. The minimum atomic E-state index is -0.923. The van der Waals surface area contributed by atoms with Crippen molar-refractivity contribution in [1.82, 2.24) is 0 Å². The number of carbonyl (C=O) groups is 2. The van der Waals surface area contributed by atoms with Gasteiger partial charge in [-0.05, 0) is 51.3 Å². The number of amides is 1. The lowest BCUT2D eigenvalue weighted by atomic mass is 10.0. The van der Waals surface area contributed by atoms with E-state index in [-0.39, 0.29) is 17.6 Å². The van der Waals surface area contributed by atoms with E-state index < -0.39 is 11.6 Å². The number of rotatable bonds is 10. The lowest BCUT2D eigenvalue weighted by Crippen LogP contribution is -2.42. The number of carbonyl (C=O) groups excluding carboxylic acids is 2. The molecule has 0 aliphatic heterocycles. The van der Waals surface area contributed by atoms with Gasteiger partial charge in [0.2, 0.25) is 0 Å². The number of methoxy groups -OCH3 is 1. The Hall–Kier alpha value is -2.08. The van der Waals surface area contributed by atoms with Crippen molar-refractivity contribution < 1.29 is 23.8 Å². The molecule has 6 nitrogen and oxygen atoms in total. The highest BCUT2D eigenvalue weighted by Gasteiger charge is 2.32. The molecule has 0 radical (unpaired) electrons. The monoisotopic (exact) mass is 365 g/mol. The summed E-state index contributed by atoms with van der Waals surface area (Å²) in [6, 6.07) is 4.94. The Morgan fingerprint density at radius 1 is 1.23 bits per heavy atom. The van der Waals surface area contributed by atoms with Gasteiger partial charge in [-0.1, -0.05) is 20.8 Å². The molecule has 1 amide bonds. The zero-order chi connectivity index (χ0) is 19.7. The molecule has 26 heavy (non-hydrogen) atoms. The van der Waals surface area contributed by atoms with Crippen LogP contribution in [0.5, 0.6) is 5.75 Å². The summed E-state index contributed by atoms with van der Waals surface area (Å²) in [7, 11) is 1.31. The first kappa shape index (κ1) is 22.0. The second-order valence-electron chi connectivity index (χ2n) is 6.43. The van der Waals surface area contributed by atoms with Crippen molar-refractivity contribution in [3.8, 4) is 5.75 Å². The van der Waals surface area contributed by atoms with Crippen LogP contribution in [0.25, 0.3) is 0 Å². The van der Waals surface area contributed by atoms with Crippen molar-refractivity contribution in [2.75, 3.05) is 19.0 Å². The van der Waals surface area contributed by atoms with Gasteiger partial charge in [-0.2, -0.15) is 0 Å². The first-order chi connectivity index (χ1) is 12.3. The highest BCUT2D eigenvalue weighted by atomic mass is 16.5. The van der Waals surface area contributed by atoms with E-state index in [0.717, 1.165) is 12.8 Å². The van der Waals surface area contributed by atoms with Gasteiger partial charge in [-0.3, -0.25) is 4.79 Å². The van der Waals surface area contributed by atoms with Crippen LogP contribution in [0.15, 0.2) is 18.2 Å². The van der Waals surface area contributed by atoms with E-state index in [2.05, 4.69) is 5.32 Å². The molecule has 0 bridgehead atoms. The second-order valence-corrected chi connectivity index (χ2v) is 6.43. The van der Waals surface area contributed by atoms with E-state index in [4.69, 9.17) is 14.2 Å². The molecular weight excluding hydrogens is 334 g/mol. The van der Waals surface area contributed by atoms with Crippen molar-refractivity contribution in [2.45, 2.75) is 65.6 Å². The maximum atomic E-state index is 12.6. The molecule has 2 atom stereocenters. The molecule has 1 aromatic rings. The molecule has 6 heteroatoms. The van der Waals surface area contributed by atoms with Crippen molar-refractivity contribution in [2.24, 2.45) is 0 Å². The topological polar surface area (TPSA) is 73.9 Å². The summed E-state index contributed by atoms with van der Waals surface area (Å²) < 4.78 is 16.3. The molecule has 0 aliphatic rings. The third kappa shape index (κ3) is 5.73. The molecule has 0 unspecified atom stereocenters. The Morgan fingerprint density at radius 3 is 2.46 bits per heavy atom. The lowest BCUT2D eigenvalue weighted by molar-refractivity contribution is -0.139. The summed E-state index contributed by atoms with van der Waals surface area (Å²) >= 11 is 0. The minimum absolute atomic E-state index is 0.0373. The number of anilines is 1. The zero-order valence-electron chi connectivity index (χ0n) is 16.7. The predicted octanol–water partition coefficient (Wildman–Crippen LogP) is 4.18. The van der Waals surface area contributed by atoms with Crippen LogP contribution in [-0.2, 0) is 14.3 Å².